The Balaban J connectivity index is 2.06. The lowest BCUT2D eigenvalue weighted by Crippen LogP contribution is -2.38. The van der Waals surface area contributed by atoms with Crippen LogP contribution in [0.25, 0.3) is 0 Å². The Kier molecular flexibility index (Phi) is 7.69. The second-order valence-corrected chi connectivity index (χ2v) is 7.37. The molecule has 1 aromatic carbocycles. The van der Waals surface area contributed by atoms with E-state index in [1.165, 1.54) is 4.90 Å². The van der Waals surface area contributed by atoms with E-state index in [1.54, 1.807) is 38.4 Å². The Hall–Kier alpha value is -2.78. The molecule has 0 aromatic heterocycles. The first-order valence-electron chi connectivity index (χ1n) is 9.58. The largest absolute Gasteiger partial charge is 0.483 e. The zero-order valence-corrected chi connectivity index (χ0v) is 17.2. The minimum atomic E-state index is -4.51. The van der Waals surface area contributed by atoms with Gasteiger partial charge in [-0.15, -0.1) is 0 Å². The van der Waals surface area contributed by atoms with Gasteiger partial charge in [0.2, 0.25) is 11.8 Å². The summed E-state index contributed by atoms with van der Waals surface area (Å²) in [6.07, 6.45) is -4.28. The highest BCUT2D eigenvalue weighted by molar-refractivity contribution is 5.89. The maximum atomic E-state index is 12.6. The topological polar surface area (TPSA) is 79.0 Å². The van der Waals surface area contributed by atoms with Crippen LogP contribution in [0.5, 0.6) is 5.75 Å². The first-order chi connectivity index (χ1) is 14.0. The minimum absolute atomic E-state index is 0.169. The van der Waals surface area contributed by atoms with Gasteiger partial charge in [0.05, 0.1) is 12.0 Å². The number of rotatable bonds is 8. The highest BCUT2D eigenvalue weighted by Crippen LogP contribution is 2.29. The summed E-state index contributed by atoms with van der Waals surface area (Å²) in [5, 5.41) is 2.81. The lowest BCUT2D eigenvalue weighted by molar-refractivity contribution is -0.157. The fraction of sp³-hybridized carbons (Fsp3) is 0.550. The highest BCUT2D eigenvalue weighted by atomic mass is 19.4. The lowest BCUT2D eigenvalue weighted by atomic mass is 10.0. The molecule has 0 bridgehead atoms. The van der Waals surface area contributed by atoms with Gasteiger partial charge < -0.3 is 19.9 Å². The molecule has 7 nitrogen and oxygen atoms in total. The maximum Gasteiger partial charge on any atom is 0.406 e. The molecule has 0 aliphatic carbocycles. The zero-order valence-electron chi connectivity index (χ0n) is 17.2. The molecule has 0 spiro atoms. The SMILES string of the molecule is CCC(NC(=O)C1CC(=O)N(CC(F)(F)F)C1)c1ccccc1OCC(=O)N(C)C. The Bertz CT molecular complexity index is 783. The van der Waals surface area contributed by atoms with Crippen molar-refractivity contribution in [1.29, 1.82) is 0 Å². The second-order valence-electron chi connectivity index (χ2n) is 7.37. The van der Waals surface area contributed by atoms with Crippen LogP contribution in [0.2, 0.25) is 0 Å². The molecule has 1 heterocycles. The van der Waals surface area contributed by atoms with Gasteiger partial charge in [-0.2, -0.15) is 13.2 Å². The number of halogens is 3. The summed E-state index contributed by atoms with van der Waals surface area (Å²) in [7, 11) is 3.22. The van der Waals surface area contributed by atoms with E-state index in [0.29, 0.717) is 22.6 Å². The number of para-hydroxylation sites is 1. The predicted octanol–water partition coefficient (Wildman–Crippen LogP) is 2.13. The van der Waals surface area contributed by atoms with Crippen molar-refractivity contribution in [2.75, 3.05) is 33.8 Å². The smallest absolute Gasteiger partial charge is 0.406 e. The van der Waals surface area contributed by atoms with E-state index >= 15 is 0 Å². The number of likely N-dealkylation sites (tertiary alicyclic amines) is 1. The summed E-state index contributed by atoms with van der Waals surface area (Å²) < 4.78 is 43.4. The molecule has 30 heavy (non-hydrogen) atoms. The van der Waals surface area contributed by atoms with Crippen molar-refractivity contribution in [1.82, 2.24) is 15.1 Å². The molecular formula is C20H26F3N3O4. The Morgan fingerprint density at radius 2 is 1.97 bits per heavy atom. The van der Waals surface area contributed by atoms with Crippen molar-refractivity contribution in [2.45, 2.75) is 32.0 Å². The van der Waals surface area contributed by atoms with E-state index in [1.807, 2.05) is 6.92 Å². The molecule has 10 heteroatoms. The number of hydrogen-bond donors (Lipinski definition) is 1. The second kappa shape index (κ2) is 9.82. The number of alkyl halides is 3. The number of nitrogens with one attached hydrogen (secondary N) is 1. The van der Waals surface area contributed by atoms with E-state index in [2.05, 4.69) is 5.32 Å². The monoisotopic (exact) mass is 429 g/mol. The number of nitrogens with zero attached hydrogens (tertiary/aromatic N) is 2. The van der Waals surface area contributed by atoms with Gasteiger partial charge in [-0.25, -0.2) is 0 Å². The Morgan fingerprint density at radius 3 is 2.57 bits per heavy atom. The van der Waals surface area contributed by atoms with Gasteiger partial charge in [-0.1, -0.05) is 25.1 Å². The normalized spacial score (nSPS) is 17.6. The van der Waals surface area contributed by atoms with Crippen molar-refractivity contribution in [2.24, 2.45) is 5.92 Å². The average Bonchev–Trinajstić information content (AvgIpc) is 3.03. The van der Waals surface area contributed by atoms with E-state index in [9.17, 15) is 27.6 Å². The number of amides is 3. The van der Waals surface area contributed by atoms with Crippen LogP contribution >= 0.6 is 0 Å². The standard InChI is InChI=1S/C20H26F3N3O4/c1-4-15(14-7-5-6-8-16(14)30-11-18(28)25(2)3)24-19(29)13-9-17(27)26(10-13)12-20(21,22)23/h5-8,13,15H,4,9-12H2,1-3H3,(H,24,29). The number of carbonyl (C=O) groups is 3. The van der Waals surface area contributed by atoms with Crippen LogP contribution in [0.4, 0.5) is 13.2 Å². The molecule has 0 saturated carbocycles. The Morgan fingerprint density at radius 1 is 1.30 bits per heavy atom. The predicted molar refractivity (Wildman–Crippen MR) is 103 cm³/mol. The Labute approximate surface area is 173 Å². The summed E-state index contributed by atoms with van der Waals surface area (Å²) in [4.78, 5) is 38.3. The maximum absolute atomic E-state index is 12.6. The van der Waals surface area contributed by atoms with Crippen LogP contribution in [-0.2, 0) is 14.4 Å². The van der Waals surface area contributed by atoms with Gasteiger partial charge in [0.15, 0.2) is 6.61 Å². The molecule has 3 amide bonds. The van der Waals surface area contributed by atoms with Crippen molar-refractivity contribution in [3.63, 3.8) is 0 Å². The van der Waals surface area contributed by atoms with Crippen LogP contribution in [0.1, 0.15) is 31.4 Å². The van der Waals surface area contributed by atoms with E-state index in [0.717, 1.165) is 0 Å². The summed E-state index contributed by atoms with van der Waals surface area (Å²) >= 11 is 0. The first-order valence-corrected chi connectivity index (χ1v) is 9.58. The van der Waals surface area contributed by atoms with E-state index in [-0.39, 0.29) is 25.5 Å². The van der Waals surface area contributed by atoms with Crippen LogP contribution in [0.15, 0.2) is 24.3 Å². The third-order valence-corrected chi connectivity index (χ3v) is 4.82. The van der Waals surface area contributed by atoms with Crippen LogP contribution < -0.4 is 10.1 Å². The van der Waals surface area contributed by atoms with Gasteiger partial charge in [0, 0.05) is 32.6 Å². The van der Waals surface area contributed by atoms with Gasteiger partial charge in [-0.05, 0) is 12.5 Å². The van der Waals surface area contributed by atoms with E-state index in [4.69, 9.17) is 4.74 Å². The molecule has 2 rings (SSSR count). The lowest BCUT2D eigenvalue weighted by Gasteiger charge is -2.23. The number of hydrogen-bond acceptors (Lipinski definition) is 4. The molecule has 1 fully saturated rings. The molecule has 2 unspecified atom stereocenters. The quantitative estimate of drug-likeness (QED) is 0.687. The fourth-order valence-corrected chi connectivity index (χ4v) is 3.17. The summed E-state index contributed by atoms with van der Waals surface area (Å²) in [5.41, 5.74) is 0.649. The number of carbonyl (C=O) groups excluding carboxylic acids is 3. The molecule has 0 radical (unpaired) electrons. The van der Waals surface area contributed by atoms with Crippen LogP contribution in [0, 0.1) is 5.92 Å². The zero-order chi connectivity index (χ0) is 22.5. The highest BCUT2D eigenvalue weighted by Gasteiger charge is 2.41. The summed E-state index contributed by atoms with van der Waals surface area (Å²) in [6.45, 7) is 0.0415. The molecule has 1 aromatic rings. The summed E-state index contributed by atoms with van der Waals surface area (Å²) in [6, 6.07) is 6.44. The van der Waals surface area contributed by atoms with E-state index < -0.39 is 36.5 Å². The summed E-state index contributed by atoms with van der Waals surface area (Å²) in [5.74, 6) is -1.82. The van der Waals surface area contributed by atoms with Crippen molar-refractivity contribution in [3.05, 3.63) is 29.8 Å². The van der Waals surface area contributed by atoms with Gasteiger partial charge in [-0.3, -0.25) is 14.4 Å². The molecule has 1 saturated heterocycles. The van der Waals surface area contributed by atoms with Crippen molar-refractivity contribution >= 4 is 17.7 Å². The third kappa shape index (κ3) is 6.36. The molecule has 1 N–H and O–H groups in total. The van der Waals surface area contributed by atoms with Gasteiger partial charge in [0.25, 0.3) is 5.91 Å². The van der Waals surface area contributed by atoms with Crippen LogP contribution in [-0.4, -0.2) is 67.5 Å². The van der Waals surface area contributed by atoms with Crippen LogP contribution in [0.3, 0.4) is 0 Å². The minimum Gasteiger partial charge on any atom is -0.483 e. The number of likely N-dealkylation sites (N-methyl/N-ethyl adjacent to an activating group) is 1. The van der Waals surface area contributed by atoms with Crippen molar-refractivity contribution < 1.29 is 32.3 Å². The number of ether oxygens (including phenoxy) is 1. The van der Waals surface area contributed by atoms with Gasteiger partial charge >= 0.3 is 6.18 Å². The van der Waals surface area contributed by atoms with Gasteiger partial charge in [0.1, 0.15) is 12.3 Å². The molecular weight excluding hydrogens is 403 g/mol. The molecule has 1 aliphatic heterocycles. The third-order valence-electron chi connectivity index (χ3n) is 4.82. The first kappa shape index (κ1) is 23.5. The average molecular weight is 429 g/mol. The molecule has 1 aliphatic rings. The molecule has 166 valence electrons. The molecule has 2 atom stereocenters. The van der Waals surface area contributed by atoms with Crippen molar-refractivity contribution in [3.8, 4) is 5.75 Å². The fourth-order valence-electron chi connectivity index (χ4n) is 3.17. The number of benzene rings is 1.